The highest BCUT2D eigenvalue weighted by atomic mass is 16.5. The van der Waals surface area contributed by atoms with Crippen LogP contribution in [0.4, 0.5) is 10.5 Å². The molecule has 152 valence electrons. The molecular weight excluding hydrogens is 370 g/mol. The lowest BCUT2D eigenvalue weighted by Gasteiger charge is -2.19. The summed E-state index contributed by atoms with van der Waals surface area (Å²) < 4.78 is 4.59. The van der Waals surface area contributed by atoms with Crippen molar-refractivity contribution < 1.29 is 19.1 Å². The van der Waals surface area contributed by atoms with E-state index in [1.165, 1.54) is 7.11 Å². The third-order valence-electron chi connectivity index (χ3n) is 4.91. The number of rotatable bonds is 5. The molecule has 3 amide bonds. The number of ether oxygens (including phenoxy) is 1. The lowest BCUT2D eigenvalue weighted by molar-refractivity contribution is -0.142. The Hall–Kier alpha value is -3.35. The number of nitrogens with zero attached hydrogens (tertiary/aromatic N) is 1. The van der Waals surface area contributed by atoms with Crippen LogP contribution < -0.4 is 15.5 Å². The standard InChI is InChI=1S/C22H25N3O4/c1-14-5-4-6-18(11-14)20(26)25-10-9-17-8-7-16(12-19(17)25)13-23-22(28)24-15(2)21(27)29-3/h4-8,11-12,15H,9-10,13H2,1-3H3,(H2,23,24,28)/t15-/m1/s1. The summed E-state index contributed by atoms with van der Waals surface area (Å²) in [5.41, 5.74) is 4.56. The highest BCUT2D eigenvalue weighted by molar-refractivity contribution is 6.07. The van der Waals surface area contributed by atoms with Crippen molar-refractivity contribution in [3.8, 4) is 0 Å². The molecule has 0 saturated carbocycles. The Morgan fingerprint density at radius 2 is 1.97 bits per heavy atom. The number of amides is 3. The number of fused-ring (bicyclic) bond motifs is 1. The summed E-state index contributed by atoms with van der Waals surface area (Å²) in [6, 6.07) is 12.2. The Kier molecular flexibility index (Phi) is 6.16. The number of benzene rings is 2. The average molecular weight is 395 g/mol. The van der Waals surface area contributed by atoms with Crippen LogP contribution in [0.5, 0.6) is 0 Å². The number of anilines is 1. The summed E-state index contributed by atoms with van der Waals surface area (Å²) in [7, 11) is 1.27. The fourth-order valence-electron chi connectivity index (χ4n) is 3.35. The highest BCUT2D eigenvalue weighted by Crippen LogP contribution is 2.30. The molecule has 0 radical (unpaired) electrons. The molecule has 1 aliphatic rings. The second-order valence-electron chi connectivity index (χ2n) is 7.11. The van der Waals surface area contributed by atoms with Crippen LogP contribution in [0.1, 0.15) is 34.0 Å². The smallest absolute Gasteiger partial charge is 0.328 e. The van der Waals surface area contributed by atoms with Crippen LogP contribution in [0.2, 0.25) is 0 Å². The van der Waals surface area contributed by atoms with Gasteiger partial charge in [0.25, 0.3) is 5.91 Å². The molecule has 3 rings (SSSR count). The number of methoxy groups -OCH3 is 1. The van der Waals surface area contributed by atoms with Crippen LogP contribution in [0.3, 0.4) is 0 Å². The van der Waals surface area contributed by atoms with Gasteiger partial charge in [-0.3, -0.25) is 4.79 Å². The van der Waals surface area contributed by atoms with E-state index in [2.05, 4.69) is 15.4 Å². The number of esters is 1. The van der Waals surface area contributed by atoms with Gasteiger partial charge in [0, 0.05) is 24.3 Å². The second kappa shape index (κ2) is 8.77. The van der Waals surface area contributed by atoms with Gasteiger partial charge >= 0.3 is 12.0 Å². The van der Waals surface area contributed by atoms with Gasteiger partial charge in [-0.1, -0.05) is 29.8 Å². The molecule has 0 aliphatic carbocycles. The van der Waals surface area contributed by atoms with Gasteiger partial charge in [0.05, 0.1) is 7.11 Å². The van der Waals surface area contributed by atoms with Gasteiger partial charge in [-0.05, 0) is 49.6 Å². The van der Waals surface area contributed by atoms with Crippen molar-refractivity contribution in [3.05, 3.63) is 64.7 Å². The molecular formula is C22H25N3O4. The number of nitrogens with one attached hydrogen (secondary N) is 2. The van der Waals surface area contributed by atoms with E-state index in [0.717, 1.165) is 28.8 Å². The van der Waals surface area contributed by atoms with Crippen LogP contribution >= 0.6 is 0 Å². The summed E-state index contributed by atoms with van der Waals surface area (Å²) in [6.07, 6.45) is 0.803. The molecule has 7 heteroatoms. The van der Waals surface area contributed by atoms with Crippen molar-refractivity contribution in [2.75, 3.05) is 18.6 Å². The molecule has 0 spiro atoms. The van der Waals surface area contributed by atoms with Crippen molar-refractivity contribution in [3.63, 3.8) is 0 Å². The van der Waals surface area contributed by atoms with Gasteiger partial charge in [-0.15, -0.1) is 0 Å². The molecule has 1 aliphatic heterocycles. The predicted molar refractivity (Wildman–Crippen MR) is 110 cm³/mol. The van der Waals surface area contributed by atoms with E-state index in [4.69, 9.17) is 0 Å². The minimum absolute atomic E-state index is 0.0257. The molecule has 2 N–H and O–H groups in total. The average Bonchev–Trinajstić information content (AvgIpc) is 3.14. The predicted octanol–water partition coefficient (Wildman–Crippen LogP) is 2.56. The maximum atomic E-state index is 13.0. The van der Waals surface area contributed by atoms with Gasteiger partial charge in [0.15, 0.2) is 0 Å². The minimum Gasteiger partial charge on any atom is -0.467 e. The second-order valence-corrected chi connectivity index (χ2v) is 7.11. The monoisotopic (exact) mass is 395 g/mol. The highest BCUT2D eigenvalue weighted by Gasteiger charge is 2.26. The number of carbonyl (C=O) groups excluding carboxylic acids is 3. The third kappa shape index (κ3) is 4.74. The summed E-state index contributed by atoms with van der Waals surface area (Å²) in [5, 5.41) is 5.24. The molecule has 0 unspecified atom stereocenters. The molecule has 2 aromatic rings. The Morgan fingerprint density at radius 1 is 1.17 bits per heavy atom. The summed E-state index contributed by atoms with van der Waals surface area (Å²) in [4.78, 5) is 38.1. The van der Waals surface area contributed by atoms with E-state index in [0.29, 0.717) is 12.1 Å². The van der Waals surface area contributed by atoms with E-state index in [1.807, 2.05) is 49.4 Å². The topological polar surface area (TPSA) is 87.7 Å². The fraction of sp³-hybridized carbons (Fsp3) is 0.318. The normalized spacial score (nSPS) is 13.4. The van der Waals surface area contributed by atoms with Gasteiger partial charge in [0.2, 0.25) is 0 Å². The molecule has 2 aromatic carbocycles. The van der Waals surface area contributed by atoms with Crippen molar-refractivity contribution in [2.45, 2.75) is 32.9 Å². The van der Waals surface area contributed by atoms with Crippen molar-refractivity contribution in [1.29, 1.82) is 0 Å². The zero-order chi connectivity index (χ0) is 21.0. The Balaban J connectivity index is 1.67. The first-order valence-electron chi connectivity index (χ1n) is 9.51. The zero-order valence-corrected chi connectivity index (χ0v) is 16.8. The fourth-order valence-corrected chi connectivity index (χ4v) is 3.35. The van der Waals surface area contributed by atoms with E-state index in [1.54, 1.807) is 11.8 Å². The first kappa shape index (κ1) is 20.4. The Bertz CT molecular complexity index is 941. The van der Waals surface area contributed by atoms with Crippen molar-refractivity contribution in [2.24, 2.45) is 0 Å². The van der Waals surface area contributed by atoms with Gasteiger partial charge < -0.3 is 20.3 Å². The van der Waals surface area contributed by atoms with Crippen molar-refractivity contribution in [1.82, 2.24) is 10.6 Å². The number of carbonyl (C=O) groups is 3. The molecule has 0 bridgehead atoms. The van der Waals surface area contributed by atoms with E-state index in [-0.39, 0.29) is 12.5 Å². The maximum Gasteiger partial charge on any atom is 0.328 e. The minimum atomic E-state index is -0.734. The van der Waals surface area contributed by atoms with E-state index in [9.17, 15) is 14.4 Å². The molecule has 7 nitrogen and oxygen atoms in total. The van der Waals surface area contributed by atoms with E-state index >= 15 is 0 Å². The Morgan fingerprint density at radius 3 is 2.69 bits per heavy atom. The maximum absolute atomic E-state index is 13.0. The van der Waals surface area contributed by atoms with Crippen LogP contribution in [-0.2, 0) is 22.5 Å². The third-order valence-corrected chi connectivity index (χ3v) is 4.91. The summed E-state index contributed by atoms with van der Waals surface area (Å²) >= 11 is 0. The molecule has 1 atom stereocenters. The lowest BCUT2D eigenvalue weighted by Crippen LogP contribution is -2.44. The summed E-state index contributed by atoms with van der Waals surface area (Å²) in [5.74, 6) is -0.537. The quantitative estimate of drug-likeness (QED) is 0.762. The van der Waals surface area contributed by atoms with Crippen LogP contribution in [0.15, 0.2) is 42.5 Å². The molecule has 0 fully saturated rings. The van der Waals surface area contributed by atoms with Gasteiger partial charge in [0.1, 0.15) is 6.04 Å². The van der Waals surface area contributed by atoms with E-state index < -0.39 is 18.0 Å². The summed E-state index contributed by atoms with van der Waals surface area (Å²) in [6.45, 7) is 4.43. The first-order chi connectivity index (χ1) is 13.9. The van der Waals surface area contributed by atoms with Crippen LogP contribution in [-0.4, -0.2) is 37.6 Å². The number of aryl methyl sites for hydroxylation is 1. The molecule has 0 saturated heterocycles. The number of hydrogen-bond donors (Lipinski definition) is 2. The van der Waals surface area contributed by atoms with Crippen LogP contribution in [0, 0.1) is 6.92 Å². The van der Waals surface area contributed by atoms with Gasteiger partial charge in [-0.25, -0.2) is 9.59 Å². The van der Waals surface area contributed by atoms with Crippen molar-refractivity contribution >= 4 is 23.6 Å². The molecule has 1 heterocycles. The lowest BCUT2D eigenvalue weighted by atomic mass is 10.1. The largest absolute Gasteiger partial charge is 0.467 e. The Labute approximate surface area is 170 Å². The molecule has 0 aromatic heterocycles. The number of hydrogen-bond acceptors (Lipinski definition) is 4. The first-order valence-corrected chi connectivity index (χ1v) is 9.51. The zero-order valence-electron chi connectivity index (χ0n) is 16.8. The van der Waals surface area contributed by atoms with Crippen LogP contribution in [0.25, 0.3) is 0 Å². The number of urea groups is 1. The molecule has 29 heavy (non-hydrogen) atoms. The SMILES string of the molecule is COC(=O)[C@@H](C)NC(=O)NCc1ccc2c(c1)N(C(=O)c1cccc(C)c1)CC2. The van der Waals surface area contributed by atoms with Gasteiger partial charge in [-0.2, -0.15) is 0 Å².